The van der Waals surface area contributed by atoms with E-state index in [9.17, 15) is 40.3 Å². The maximum absolute atomic E-state index is 14.1. The van der Waals surface area contributed by atoms with Gasteiger partial charge in [0.25, 0.3) is 0 Å². The summed E-state index contributed by atoms with van der Waals surface area (Å²) in [5.74, 6) is -1.30. The molecule has 2 amide bonds. The number of carbonyl (C=O) groups is 2. The zero-order valence-electron chi connectivity index (χ0n) is 21.5. The highest BCUT2D eigenvalue weighted by molar-refractivity contribution is 5.90. The Morgan fingerprint density at radius 2 is 1.78 bits per heavy atom. The fraction of sp³-hybridized carbons (Fsp3) is 0.370. The van der Waals surface area contributed by atoms with Crippen molar-refractivity contribution in [2.45, 2.75) is 31.7 Å². The number of likely N-dealkylation sites (tertiary alicyclic amines) is 1. The molecule has 1 saturated heterocycles. The minimum Gasteiger partial charge on any atom is -0.409 e. The van der Waals surface area contributed by atoms with Crippen molar-refractivity contribution in [2.75, 3.05) is 25.0 Å². The first-order chi connectivity index (χ1) is 19.2. The summed E-state index contributed by atoms with van der Waals surface area (Å²) < 4.78 is 103. The maximum Gasteiger partial charge on any atom is 0.420 e. The molecule has 41 heavy (non-hydrogen) atoms. The van der Waals surface area contributed by atoms with E-state index >= 15 is 0 Å². The van der Waals surface area contributed by atoms with Crippen molar-refractivity contribution >= 4 is 17.7 Å². The van der Waals surface area contributed by atoms with Crippen molar-refractivity contribution in [1.29, 1.82) is 0 Å². The van der Waals surface area contributed by atoms with Crippen molar-refractivity contribution in [1.82, 2.24) is 14.7 Å². The first-order valence-electron chi connectivity index (χ1n) is 12.6. The predicted molar refractivity (Wildman–Crippen MR) is 131 cm³/mol. The molecular weight excluding hydrogens is 561 g/mol. The van der Waals surface area contributed by atoms with E-state index in [0.717, 1.165) is 43.1 Å². The van der Waals surface area contributed by atoms with Crippen molar-refractivity contribution in [2.24, 2.45) is 11.8 Å². The van der Waals surface area contributed by atoms with E-state index in [1.807, 2.05) is 0 Å². The van der Waals surface area contributed by atoms with Gasteiger partial charge in [0, 0.05) is 49.1 Å². The number of hydrogen-bond acceptors (Lipinski definition) is 4. The number of piperidine rings is 1. The molecule has 0 bridgehead atoms. The second kappa shape index (κ2) is 10.4. The monoisotopic (exact) mass is 584 g/mol. The highest BCUT2D eigenvalue weighted by Crippen LogP contribution is 2.47. The molecule has 0 N–H and O–H groups in total. The lowest BCUT2D eigenvalue weighted by atomic mass is 9.99. The number of benzene rings is 2. The van der Waals surface area contributed by atoms with Gasteiger partial charge in [-0.05, 0) is 55.2 Å². The third-order valence-corrected chi connectivity index (χ3v) is 7.26. The maximum atomic E-state index is 14.1. The average Bonchev–Trinajstić information content (AvgIpc) is 3.56. The van der Waals surface area contributed by atoms with Crippen molar-refractivity contribution in [3.8, 4) is 16.9 Å². The standard InChI is InChI=1S/C27H23F7N4O3/c1-36(19-4-2-18(28)3-5-19)25(40)41-23-20(11-17(26(29,30)31)12-22(23)27(32,33)34)16-13-35-38(14-16)9-8-37-7-6-15-10-21(15)24(37)39/h2-5,11-15,21H,6-10H2,1H3. The third kappa shape index (κ3) is 6.00. The van der Waals surface area contributed by atoms with Crippen LogP contribution < -0.4 is 9.64 Å². The lowest BCUT2D eigenvalue weighted by Crippen LogP contribution is -2.39. The van der Waals surface area contributed by atoms with Gasteiger partial charge >= 0.3 is 18.4 Å². The predicted octanol–water partition coefficient (Wildman–Crippen LogP) is 6.23. The van der Waals surface area contributed by atoms with Gasteiger partial charge in [-0.25, -0.2) is 9.18 Å². The first kappa shape index (κ1) is 28.4. The summed E-state index contributed by atoms with van der Waals surface area (Å²) in [5, 5.41) is 4.06. The fourth-order valence-corrected chi connectivity index (χ4v) is 4.86. The van der Waals surface area contributed by atoms with Gasteiger partial charge in [0.05, 0.1) is 23.9 Å². The Hall–Kier alpha value is -4.10. The van der Waals surface area contributed by atoms with Crippen LogP contribution in [-0.4, -0.2) is 46.8 Å². The summed E-state index contributed by atoms with van der Waals surface area (Å²) in [7, 11) is 1.15. The molecule has 2 aromatic carbocycles. The van der Waals surface area contributed by atoms with Gasteiger partial charge in [0.1, 0.15) is 5.82 Å². The Morgan fingerprint density at radius 1 is 1.07 bits per heavy atom. The van der Waals surface area contributed by atoms with Gasteiger partial charge in [0.2, 0.25) is 5.91 Å². The zero-order valence-corrected chi connectivity index (χ0v) is 21.5. The Morgan fingerprint density at radius 3 is 2.44 bits per heavy atom. The summed E-state index contributed by atoms with van der Waals surface area (Å²) in [5.41, 5.74) is -4.17. The molecule has 1 saturated carbocycles. The third-order valence-electron chi connectivity index (χ3n) is 7.26. The molecule has 2 heterocycles. The number of hydrogen-bond donors (Lipinski definition) is 0. The van der Waals surface area contributed by atoms with Gasteiger partial charge in [-0.15, -0.1) is 0 Å². The molecule has 1 aliphatic carbocycles. The van der Waals surface area contributed by atoms with Crippen LogP contribution in [-0.2, 0) is 23.7 Å². The normalized spacial score (nSPS) is 18.7. The van der Waals surface area contributed by atoms with Crippen LogP contribution in [0.25, 0.3) is 11.1 Å². The second-order valence-corrected chi connectivity index (χ2v) is 10.0. The van der Waals surface area contributed by atoms with Crippen LogP contribution in [0.2, 0.25) is 0 Å². The van der Waals surface area contributed by atoms with E-state index in [-0.39, 0.29) is 42.2 Å². The van der Waals surface area contributed by atoms with Crippen molar-refractivity contribution in [3.05, 3.63) is 65.7 Å². The lowest BCUT2D eigenvalue weighted by molar-refractivity contribution is -0.143. The minimum absolute atomic E-state index is 0.0214. The number of alkyl halides is 6. The molecule has 7 nitrogen and oxygen atoms in total. The van der Waals surface area contributed by atoms with Gasteiger partial charge in [0.15, 0.2) is 5.75 Å². The van der Waals surface area contributed by atoms with E-state index < -0.39 is 46.7 Å². The van der Waals surface area contributed by atoms with Gasteiger partial charge in [-0.1, -0.05) is 0 Å². The SMILES string of the molecule is CN(C(=O)Oc1c(-c2cnn(CCN3CCC4CC4C3=O)c2)cc(C(F)(F)F)cc1C(F)(F)F)c1ccc(F)cc1. The van der Waals surface area contributed by atoms with Gasteiger partial charge < -0.3 is 9.64 Å². The Kier molecular flexibility index (Phi) is 7.20. The Bertz CT molecular complexity index is 1470. The van der Waals surface area contributed by atoms with Crippen LogP contribution in [0.3, 0.4) is 0 Å². The molecule has 218 valence electrons. The van der Waals surface area contributed by atoms with E-state index in [4.69, 9.17) is 4.74 Å². The summed E-state index contributed by atoms with van der Waals surface area (Å²) in [6.07, 6.45) is -7.80. The molecule has 3 aromatic rings. The van der Waals surface area contributed by atoms with E-state index in [1.165, 1.54) is 23.0 Å². The molecule has 2 atom stereocenters. The number of anilines is 1. The zero-order chi connectivity index (χ0) is 29.7. The summed E-state index contributed by atoms with van der Waals surface area (Å²) >= 11 is 0. The van der Waals surface area contributed by atoms with E-state index in [2.05, 4.69) is 5.10 Å². The molecule has 14 heteroatoms. The molecule has 5 rings (SSSR count). The number of halogens is 7. The number of rotatable bonds is 6. The van der Waals surface area contributed by atoms with Gasteiger partial charge in [-0.2, -0.15) is 31.4 Å². The van der Waals surface area contributed by atoms with E-state index in [0.29, 0.717) is 18.5 Å². The molecule has 2 unspecified atom stereocenters. The van der Waals surface area contributed by atoms with Crippen LogP contribution in [0.4, 0.5) is 41.2 Å². The number of amides is 2. The lowest BCUT2D eigenvalue weighted by Gasteiger charge is -2.26. The summed E-state index contributed by atoms with van der Waals surface area (Å²) in [6, 6.07) is 4.71. The molecular formula is C27H23F7N4O3. The fourth-order valence-electron chi connectivity index (χ4n) is 4.86. The highest BCUT2D eigenvalue weighted by Gasteiger charge is 2.48. The largest absolute Gasteiger partial charge is 0.420 e. The second-order valence-electron chi connectivity index (χ2n) is 10.0. The molecule has 0 radical (unpaired) electrons. The topological polar surface area (TPSA) is 67.7 Å². The van der Waals surface area contributed by atoms with Crippen LogP contribution in [0.5, 0.6) is 5.75 Å². The number of nitrogens with zero attached hydrogens (tertiary/aromatic N) is 4. The quantitative estimate of drug-likeness (QED) is 0.322. The number of aromatic nitrogens is 2. The first-order valence-corrected chi connectivity index (χ1v) is 12.6. The van der Waals surface area contributed by atoms with Crippen LogP contribution >= 0.6 is 0 Å². The highest BCUT2D eigenvalue weighted by atomic mass is 19.4. The molecule has 1 aliphatic heterocycles. The molecule has 0 spiro atoms. The number of ether oxygens (including phenoxy) is 1. The summed E-state index contributed by atoms with van der Waals surface area (Å²) in [4.78, 5) is 27.7. The number of carbonyl (C=O) groups excluding carboxylic acids is 2. The molecule has 2 fully saturated rings. The Labute approximate surface area is 229 Å². The Balaban J connectivity index is 1.48. The summed E-state index contributed by atoms with van der Waals surface area (Å²) in [6.45, 7) is 0.985. The van der Waals surface area contributed by atoms with Gasteiger partial charge in [-0.3, -0.25) is 14.4 Å². The van der Waals surface area contributed by atoms with Crippen LogP contribution in [0.1, 0.15) is 24.0 Å². The minimum atomic E-state index is -5.33. The van der Waals surface area contributed by atoms with Crippen molar-refractivity contribution in [3.63, 3.8) is 0 Å². The average molecular weight is 584 g/mol. The van der Waals surface area contributed by atoms with Crippen LogP contribution in [0, 0.1) is 17.7 Å². The van der Waals surface area contributed by atoms with Crippen molar-refractivity contribution < 1.29 is 45.1 Å². The number of fused-ring (bicyclic) bond motifs is 1. The molecule has 1 aromatic heterocycles. The molecule has 2 aliphatic rings. The smallest absolute Gasteiger partial charge is 0.409 e. The van der Waals surface area contributed by atoms with E-state index in [1.54, 1.807) is 4.90 Å². The van der Waals surface area contributed by atoms with Crippen LogP contribution in [0.15, 0.2) is 48.8 Å².